The molecule has 2 aliphatic rings. The van der Waals surface area contributed by atoms with E-state index in [2.05, 4.69) is 42.2 Å². The van der Waals surface area contributed by atoms with E-state index in [1.165, 1.54) is 29.6 Å². The molecule has 0 aliphatic carbocycles. The van der Waals surface area contributed by atoms with Crippen LogP contribution in [-0.2, 0) is 0 Å². The van der Waals surface area contributed by atoms with Gasteiger partial charge in [0.25, 0.3) is 5.56 Å². The molecule has 2 aliphatic heterocycles. The van der Waals surface area contributed by atoms with E-state index < -0.39 is 0 Å². The molecule has 0 radical (unpaired) electrons. The molecule has 7 rings (SSSR count). The molecule has 1 N–H and O–H groups in total. The summed E-state index contributed by atoms with van der Waals surface area (Å²) in [5.74, 6) is 0.840. The van der Waals surface area contributed by atoms with Gasteiger partial charge < -0.3 is 10.2 Å². The Morgan fingerprint density at radius 3 is 2.73 bits per heavy atom. The van der Waals surface area contributed by atoms with Crippen LogP contribution in [0.4, 0.5) is 17.3 Å². The van der Waals surface area contributed by atoms with Gasteiger partial charge in [-0.3, -0.25) is 14.1 Å². The van der Waals surface area contributed by atoms with E-state index in [1.54, 1.807) is 35.1 Å². The molecule has 9 nitrogen and oxygen atoms in total. The highest BCUT2D eigenvalue weighted by Crippen LogP contribution is 2.27. The first-order chi connectivity index (χ1) is 18.2. The van der Waals surface area contributed by atoms with Gasteiger partial charge in [0, 0.05) is 55.6 Å². The van der Waals surface area contributed by atoms with Crippen LogP contribution in [0.1, 0.15) is 12.8 Å². The van der Waals surface area contributed by atoms with E-state index in [4.69, 9.17) is 11.6 Å². The van der Waals surface area contributed by atoms with Gasteiger partial charge in [-0.25, -0.2) is 14.5 Å². The summed E-state index contributed by atoms with van der Waals surface area (Å²) in [7, 11) is 0. The number of imidazole rings is 1. The van der Waals surface area contributed by atoms with Crippen molar-refractivity contribution in [2.45, 2.75) is 18.9 Å². The number of para-hydroxylation sites is 1. The predicted molar refractivity (Wildman–Crippen MR) is 145 cm³/mol. The van der Waals surface area contributed by atoms with Crippen molar-refractivity contribution in [1.29, 1.82) is 0 Å². The van der Waals surface area contributed by atoms with Gasteiger partial charge in [-0.15, -0.1) is 0 Å². The molecule has 37 heavy (non-hydrogen) atoms. The molecule has 0 saturated carbocycles. The Hall–Kier alpha value is -3.95. The minimum atomic E-state index is -0.278. The van der Waals surface area contributed by atoms with Crippen LogP contribution in [0.5, 0.6) is 0 Å². The highest BCUT2D eigenvalue weighted by molar-refractivity contribution is 6.32. The van der Waals surface area contributed by atoms with Crippen LogP contribution < -0.4 is 15.8 Å². The van der Waals surface area contributed by atoms with Crippen LogP contribution in [0.2, 0.25) is 5.02 Å². The molecule has 5 heterocycles. The van der Waals surface area contributed by atoms with Gasteiger partial charge in [0.2, 0.25) is 11.7 Å². The Balaban J connectivity index is 1.20. The first-order valence-corrected chi connectivity index (χ1v) is 12.9. The molecule has 186 valence electrons. The molecule has 2 fully saturated rings. The molecule has 1 unspecified atom stereocenters. The zero-order chi connectivity index (χ0) is 24.9. The number of nitrogens with zero attached hydrogens (tertiary/aromatic N) is 7. The van der Waals surface area contributed by atoms with E-state index >= 15 is 0 Å². The van der Waals surface area contributed by atoms with Crippen LogP contribution in [0.3, 0.4) is 0 Å². The summed E-state index contributed by atoms with van der Waals surface area (Å²) in [5.41, 5.74) is 2.87. The summed E-state index contributed by atoms with van der Waals surface area (Å²) in [5, 5.41) is 4.11. The second-order valence-electron chi connectivity index (χ2n) is 9.57. The van der Waals surface area contributed by atoms with Gasteiger partial charge in [0.15, 0.2) is 5.65 Å². The molecule has 0 amide bonds. The molecular formula is C27H25ClN8O. The average molecular weight is 513 g/mol. The van der Waals surface area contributed by atoms with E-state index in [1.807, 2.05) is 24.3 Å². The smallest absolute Gasteiger partial charge is 0.270 e. The minimum absolute atomic E-state index is 0.278. The number of benzene rings is 2. The van der Waals surface area contributed by atoms with Crippen LogP contribution >= 0.6 is 11.6 Å². The third-order valence-electron chi connectivity index (χ3n) is 7.42. The fraction of sp³-hybridized carbons (Fsp3) is 0.259. The number of hydrogen-bond donors (Lipinski definition) is 1. The van der Waals surface area contributed by atoms with Crippen molar-refractivity contribution >= 4 is 45.7 Å². The zero-order valence-electron chi connectivity index (χ0n) is 20.1. The fourth-order valence-corrected chi connectivity index (χ4v) is 5.79. The van der Waals surface area contributed by atoms with Gasteiger partial charge in [-0.2, -0.15) is 4.98 Å². The van der Waals surface area contributed by atoms with Gasteiger partial charge in [-0.05, 0) is 55.8 Å². The summed E-state index contributed by atoms with van der Waals surface area (Å²) in [4.78, 5) is 32.1. The SMILES string of the molecule is O=c1c2cnc(Nc3ccc(N4CCN5CCCC5C4)cc3)nc2n2ccnc2n1-c1ccccc1Cl. The van der Waals surface area contributed by atoms with Crippen molar-refractivity contribution < 1.29 is 0 Å². The maximum absolute atomic E-state index is 13.5. The normalized spacial score (nSPS) is 18.0. The molecule has 2 aromatic carbocycles. The highest BCUT2D eigenvalue weighted by Gasteiger charge is 2.30. The molecule has 10 heteroatoms. The molecule has 0 bridgehead atoms. The summed E-state index contributed by atoms with van der Waals surface area (Å²) in [6.45, 7) is 4.53. The third-order valence-corrected chi connectivity index (χ3v) is 7.74. The Labute approximate surface area is 218 Å². The quantitative estimate of drug-likeness (QED) is 0.388. The largest absolute Gasteiger partial charge is 0.369 e. The summed E-state index contributed by atoms with van der Waals surface area (Å²) in [6.07, 6.45) is 7.58. The van der Waals surface area contributed by atoms with Crippen molar-refractivity contribution in [3.05, 3.63) is 82.5 Å². The van der Waals surface area contributed by atoms with Crippen LogP contribution in [0, 0.1) is 0 Å². The topological polar surface area (TPSA) is 83.6 Å². The number of anilines is 3. The fourth-order valence-electron chi connectivity index (χ4n) is 5.57. The number of aromatic nitrogens is 5. The minimum Gasteiger partial charge on any atom is -0.369 e. The van der Waals surface area contributed by atoms with Gasteiger partial charge in [-0.1, -0.05) is 23.7 Å². The second-order valence-corrected chi connectivity index (χ2v) is 9.98. The van der Waals surface area contributed by atoms with Gasteiger partial charge >= 0.3 is 0 Å². The summed E-state index contributed by atoms with van der Waals surface area (Å²) < 4.78 is 3.27. The lowest BCUT2D eigenvalue weighted by molar-refractivity contribution is 0.231. The van der Waals surface area contributed by atoms with Crippen molar-refractivity contribution in [3.8, 4) is 5.69 Å². The molecule has 0 spiro atoms. The van der Waals surface area contributed by atoms with E-state index in [9.17, 15) is 4.79 Å². The maximum Gasteiger partial charge on any atom is 0.270 e. The molecule has 1 atom stereocenters. The Bertz CT molecular complexity index is 1680. The number of piperazine rings is 1. The van der Waals surface area contributed by atoms with Crippen LogP contribution in [0.15, 0.2) is 71.9 Å². The summed E-state index contributed by atoms with van der Waals surface area (Å²) in [6, 6.07) is 16.3. The number of rotatable bonds is 4. The number of hydrogen-bond acceptors (Lipinski definition) is 7. The Morgan fingerprint density at radius 1 is 1.00 bits per heavy atom. The monoisotopic (exact) mass is 512 g/mol. The van der Waals surface area contributed by atoms with Crippen molar-refractivity contribution in [3.63, 3.8) is 0 Å². The Morgan fingerprint density at radius 2 is 1.86 bits per heavy atom. The second kappa shape index (κ2) is 8.86. The molecule has 3 aromatic heterocycles. The lowest BCUT2D eigenvalue weighted by Crippen LogP contribution is -2.50. The molecular weight excluding hydrogens is 488 g/mol. The van der Waals surface area contributed by atoms with Crippen LogP contribution in [0.25, 0.3) is 22.5 Å². The molecule has 2 saturated heterocycles. The van der Waals surface area contributed by atoms with Crippen molar-refractivity contribution in [1.82, 2.24) is 28.8 Å². The maximum atomic E-state index is 13.5. The molecule has 5 aromatic rings. The number of nitrogens with one attached hydrogen (secondary N) is 1. The number of fused-ring (bicyclic) bond motifs is 4. The summed E-state index contributed by atoms with van der Waals surface area (Å²) >= 11 is 6.41. The first kappa shape index (κ1) is 22.3. The third kappa shape index (κ3) is 3.82. The number of halogens is 1. The van der Waals surface area contributed by atoms with Crippen molar-refractivity contribution in [2.24, 2.45) is 0 Å². The van der Waals surface area contributed by atoms with E-state index in [0.717, 1.165) is 25.3 Å². The lowest BCUT2D eigenvalue weighted by atomic mass is 10.1. The standard InChI is InChI=1S/C27H25ClN8O/c28-22-5-1-2-6-23(22)36-25(37)21-16-30-26(32-24(21)35-13-11-29-27(35)36)31-18-7-9-19(10-8-18)34-15-14-33-12-3-4-20(33)17-34/h1-2,5-11,13,16,20H,3-4,12,14-15,17H2,(H,30,31,32). The predicted octanol–water partition coefficient (Wildman–Crippen LogP) is 4.11. The van der Waals surface area contributed by atoms with E-state index in [-0.39, 0.29) is 5.56 Å². The Kier molecular flexibility index (Phi) is 5.33. The zero-order valence-corrected chi connectivity index (χ0v) is 20.8. The average Bonchev–Trinajstić information content (AvgIpc) is 3.60. The van der Waals surface area contributed by atoms with Gasteiger partial charge in [0.05, 0.1) is 10.7 Å². The van der Waals surface area contributed by atoms with Crippen LogP contribution in [-0.4, -0.2) is 61.0 Å². The van der Waals surface area contributed by atoms with Gasteiger partial charge in [0.1, 0.15) is 5.39 Å². The first-order valence-electron chi connectivity index (χ1n) is 12.5. The lowest BCUT2D eigenvalue weighted by Gasteiger charge is -2.38. The van der Waals surface area contributed by atoms with E-state index in [0.29, 0.717) is 39.5 Å². The highest BCUT2D eigenvalue weighted by atomic mass is 35.5. The van der Waals surface area contributed by atoms with Crippen molar-refractivity contribution in [2.75, 3.05) is 36.4 Å².